The Hall–Kier alpha value is -2.69. The first-order valence-electron chi connectivity index (χ1n) is 6.80. The first-order valence-corrected chi connectivity index (χ1v) is 6.80. The summed E-state index contributed by atoms with van der Waals surface area (Å²) in [5.41, 5.74) is 5.22. The molecule has 0 saturated carbocycles. The second kappa shape index (κ2) is 5.75. The molecule has 3 aromatic rings. The van der Waals surface area contributed by atoms with Crippen LogP contribution in [0.4, 0.5) is 11.6 Å². The summed E-state index contributed by atoms with van der Waals surface area (Å²) in [4.78, 5) is 13.0. The summed E-state index contributed by atoms with van der Waals surface area (Å²) in [6, 6.07) is 12.0. The highest BCUT2D eigenvalue weighted by Crippen LogP contribution is 2.19. The van der Waals surface area contributed by atoms with Crippen molar-refractivity contribution in [3.8, 4) is 11.3 Å². The monoisotopic (exact) mass is 274 g/mol. The minimum Gasteiger partial charge on any atom is -0.324 e. The summed E-state index contributed by atoms with van der Waals surface area (Å²) in [7, 11) is 2.07. The molecule has 0 spiro atoms. The van der Waals surface area contributed by atoms with Crippen LogP contribution in [0, 0.1) is 6.92 Å². The minimum absolute atomic E-state index is 0.588. The topological polar surface area (TPSA) is 50.7 Å². The lowest BCUT2D eigenvalue weighted by Gasteiger charge is -2.10. The molecule has 0 bridgehead atoms. The molecule has 0 atom stereocenters. The van der Waals surface area contributed by atoms with Crippen molar-refractivity contribution >= 4 is 24.9 Å². The first kappa shape index (κ1) is 13.3. The average Bonchev–Trinajstić information content (AvgIpc) is 2.52. The van der Waals surface area contributed by atoms with Crippen molar-refractivity contribution in [3.05, 3.63) is 60.6 Å². The van der Waals surface area contributed by atoms with Gasteiger partial charge >= 0.3 is 0 Å². The van der Waals surface area contributed by atoms with Gasteiger partial charge in [0.15, 0.2) is 0 Å². The van der Waals surface area contributed by atoms with Gasteiger partial charge in [0.2, 0.25) is 5.95 Å². The van der Waals surface area contributed by atoms with Gasteiger partial charge in [-0.05, 0) is 36.8 Å². The van der Waals surface area contributed by atoms with Gasteiger partial charge in [0.05, 0.1) is 5.69 Å². The zero-order valence-corrected chi connectivity index (χ0v) is 12.0. The number of benzene rings is 1. The summed E-state index contributed by atoms with van der Waals surface area (Å²) < 4.78 is 0. The zero-order chi connectivity index (χ0) is 14.7. The molecule has 2 heterocycles. The number of hydrogen-bond acceptors (Lipinski definition) is 4. The fourth-order valence-corrected chi connectivity index (χ4v) is 2.08. The van der Waals surface area contributed by atoms with E-state index < -0.39 is 0 Å². The van der Waals surface area contributed by atoms with Crippen LogP contribution < -0.4 is 10.8 Å². The summed E-state index contributed by atoms with van der Waals surface area (Å²) in [5, 5.41) is 3.28. The van der Waals surface area contributed by atoms with Gasteiger partial charge in [-0.1, -0.05) is 17.6 Å². The van der Waals surface area contributed by atoms with Crippen LogP contribution in [0.2, 0.25) is 0 Å². The molecule has 0 fully saturated rings. The summed E-state index contributed by atoms with van der Waals surface area (Å²) >= 11 is 0. The Kier molecular flexibility index (Phi) is 3.64. The van der Waals surface area contributed by atoms with Crippen LogP contribution in [0.1, 0.15) is 5.56 Å². The number of rotatable bonds is 3. The van der Waals surface area contributed by atoms with Crippen molar-refractivity contribution < 1.29 is 0 Å². The highest BCUT2D eigenvalue weighted by Gasteiger charge is 2.04. The van der Waals surface area contributed by atoms with E-state index in [9.17, 15) is 0 Å². The van der Waals surface area contributed by atoms with Crippen LogP contribution in [-0.4, -0.2) is 22.8 Å². The highest BCUT2D eigenvalue weighted by molar-refractivity contribution is 6.32. The first-order chi connectivity index (χ1) is 10.2. The van der Waals surface area contributed by atoms with Gasteiger partial charge in [-0.3, -0.25) is 4.98 Å². The fraction of sp³-hybridized carbons (Fsp3) is 0.0625. The Morgan fingerprint density at radius 3 is 2.81 bits per heavy atom. The number of nitrogens with one attached hydrogen (secondary N) is 1. The van der Waals surface area contributed by atoms with Crippen molar-refractivity contribution in [1.29, 1.82) is 0 Å². The predicted octanol–water partition coefficient (Wildman–Crippen LogP) is 1.85. The van der Waals surface area contributed by atoms with E-state index in [-0.39, 0.29) is 0 Å². The molecule has 1 N–H and O–H groups in total. The van der Waals surface area contributed by atoms with E-state index in [1.807, 2.05) is 18.2 Å². The van der Waals surface area contributed by atoms with Crippen molar-refractivity contribution in [1.82, 2.24) is 15.0 Å². The van der Waals surface area contributed by atoms with E-state index in [1.165, 1.54) is 5.46 Å². The molecule has 3 rings (SSSR count). The molecule has 0 aliphatic heterocycles. The second-order valence-corrected chi connectivity index (χ2v) is 4.95. The maximum atomic E-state index is 4.55. The van der Waals surface area contributed by atoms with Crippen LogP contribution in [0.3, 0.4) is 0 Å². The largest absolute Gasteiger partial charge is 0.324 e. The zero-order valence-electron chi connectivity index (χ0n) is 12.0. The van der Waals surface area contributed by atoms with E-state index in [4.69, 9.17) is 0 Å². The molecule has 2 aromatic heterocycles. The van der Waals surface area contributed by atoms with Gasteiger partial charge in [0.25, 0.3) is 0 Å². The Labute approximate surface area is 124 Å². The van der Waals surface area contributed by atoms with E-state index in [2.05, 4.69) is 53.2 Å². The molecule has 5 heteroatoms. The number of hydrogen-bond donors (Lipinski definition) is 1. The maximum absolute atomic E-state index is 4.55. The molecule has 0 saturated heterocycles. The molecular weight excluding hydrogens is 259 g/mol. The summed E-state index contributed by atoms with van der Waals surface area (Å²) in [6.07, 6.45) is 5.30. The molecular formula is C16H15BN4. The van der Waals surface area contributed by atoms with Crippen LogP contribution >= 0.6 is 0 Å². The average molecular weight is 274 g/mol. The van der Waals surface area contributed by atoms with E-state index >= 15 is 0 Å². The van der Waals surface area contributed by atoms with Crippen LogP contribution in [-0.2, 0) is 0 Å². The van der Waals surface area contributed by atoms with Crippen molar-refractivity contribution in [3.63, 3.8) is 0 Å². The third-order valence-corrected chi connectivity index (χ3v) is 3.25. The van der Waals surface area contributed by atoms with Crippen molar-refractivity contribution in [2.45, 2.75) is 6.92 Å². The fourth-order valence-electron chi connectivity index (χ4n) is 2.08. The van der Waals surface area contributed by atoms with Gasteiger partial charge in [-0.2, -0.15) is 0 Å². The Morgan fingerprint density at radius 1 is 1.10 bits per heavy atom. The lowest BCUT2D eigenvalue weighted by atomic mass is 9.94. The quantitative estimate of drug-likeness (QED) is 0.740. The third-order valence-electron chi connectivity index (χ3n) is 3.25. The highest BCUT2D eigenvalue weighted by atomic mass is 15.1. The summed E-state index contributed by atoms with van der Waals surface area (Å²) in [5.74, 6) is 0.588. The number of aryl methyl sites for hydroxylation is 1. The SMILES string of the molecule is Bc1ccc(C)c(Nc2nccc(-c3cccnc3)n2)c1. The lowest BCUT2D eigenvalue weighted by Crippen LogP contribution is -2.06. The molecule has 0 aliphatic carbocycles. The van der Waals surface area contributed by atoms with Gasteiger partial charge in [-0.15, -0.1) is 0 Å². The standard InChI is InChI=1S/C16H15BN4/c1-11-4-5-13(17)9-15(11)21-16-19-8-6-14(20-16)12-3-2-7-18-10-12/h2-10H,17H2,1H3,(H,19,20,21). The molecule has 102 valence electrons. The van der Waals surface area contributed by atoms with Gasteiger partial charge in [0, 0.05) is 29.8 Å². The van der Waals surface area contributed by atoms with E-state index in [0.29, 0.717) is 5.95 Å². The Bertz CT molecular complexity index is 759. The third kappa shape index (κ3) is 3.08. The molecule has 0 unspecified atom stereocenters. The van der Waals surface area contributed by atoms with Gasteiger partial charge < -0.3 is 5.32 Å². The number of nitrogens with zero attached hydrogens (tertiary/aromatic N) is 3. The number of aromatic nitrogens is 3. The van der Waals surface area contributed by atoms with Crippen molar-refractivity contribution in [2.75, 3.05) is 5.32 Å². The number of anilines is 2. The molecule has 0 aliphatic rings. The smallest absolute Gasteiger partial charge is 0.227 e. The summed E-state index contributed by atoms with van der Waals surface area (Å²) in [6.45, 7) is 2.06. The lowest BCUT2D eigenvalue weighted by molar-refractivity contribution is 1.16. The molecule has 0 amide bonds. The van der Waals surface area contributed by atoms with Crippen LogP contribution in [0.5, 0.6) is 0 Å². The van der Waals surface area contributed by atoms with Crippen molar-refractivity contribution in [2.24, 2.45) is 0 Å². The maximum Gasteiger partial charge on any atom is 0.227 e. The predicted molar refractivity (Wildman–Crippen MR) is 87.9 cm³/mol. The number of pyridine rings is 1. The second-order valence-electron chi connectivity index (χ2n) is 4.95. The molecule has 0 radical (unpaired) electrons. The molecule has 1 aromatic carbocycles. The van der Waals surface area contributed by atoms with Crippen LogP contribution in [0.25, 0.3) is 11.3 Å². The van der Waals surface area contributed by atoms with E-state index in [0.717, 1.165) is 22.5 Å². The normalized spacial score (nSPS) is 10.3. The van der Waals surface area contributed by atoms with Gasteiger partial charge in [-0.25, -0.2) is 9.97 Å². The minimum atomic E-state index is 0.588. The van der Waals surface area contributed by atoms with Gasteiger partial charge in [0.1, 0.15) is 7.85 Å². The van der Waals surface area contributed by atoms with Crippen LogP contribution in [0.15, 0.2) is 55.0 Å². The van der Waals surface area contributed by atoms with E-state index in [1.54, 1.807) is 18.6 Å². The Balaban J connectivity index is 1.92. The molecule has 21 heavy (non-hydrogen) atoms. The Morgan fingerprint density at radius 2 is 2.00 bits per heavy atom. The molecule has 4 nitrogen and oxygen atoms in total.